The molecule has 3 rings (SSSR count). The van der Waals surface area contributed by atoms with Gasteiger partial charge >= 0.3 is 0 Å². The molecule has 1 saturated carbocycles. The molecule has 0 aliphatic heterocycles. The van der Waals surface area contributed by atoms with Crippen LogP contribution in [0.25, 0.3) is 10.8 Å². The summed E-state index contributed by atoms with van der Waals surface area (Å²) in [6, 6.07) is 9.89. The van der Waals surface area contributed by atoms with Crippen LogP contribution in [0, 0.1) is 11.8 Å². The van der Waals surface area contributed by atoms with E-state index in [9.17, 15) is 14.7 Å². The Morgan fingerprint density at radius 2 is 1.74 bits per heavy atom. The van der Waals surface area contributed by atoms with Crippen LogP contribution in [0.1, 0.15) is 59.7 Å². The molecule has 0 aromatic heterocycles. The van der Waals surface area contributed by atoms with Gasteiger partial charge in [0.2, 0.25) is 5.91 Å². The quantitative estimate of drug-likeness (QED) is 0.681. The van der Waals surface area contributed by atoms with Crippen LogP contribution in [-0.4, -0.2) is 28.9 Å². The van der Waals surface area contributed by atoms with Crippen molar-refractivity contribution in [3.63, 3.8) is 0 Å². The van der Waals surface area contributed by atoms with Gasteiger partial charge in [-0.2, -0.15) is 0 Å². The molecule has 0 saturated heterocycles. The number of carbonyl (C=O) groups is 2. The van der Waals surface area contributed by atoms with Gasteiger partial charge in [0.05, 0.1) is 5.56 Å². The molecular weight excluding hydrogens is 340 g/mol. The molecule has 0 bridgehead atoms. The van der Waals surface area contributed by atoms with E-state index in [-0.39, 0.29) is 17.0 Å². The SMILES string of the molecule is CC(C1CCCCC1)[C@@H](N)[C@H](O)C(=O)c1ccc2ccccc2c1C(N)=O. The second-order valence-corrected chi connectivity index (χ2v) is 7.72. The van der Waals surface area contributed by atoms with Crippen molar-refractivity contribution in [2.45, 2.75) is 51.2 Å². The number of rotatable bonds is 6. The Hall–Kier alpha value is -2.24. The van der Waals surface area contributed by atoms with Crippen molar-refractivity contribution in [2.24, 2.45) is 23.3 Å². The molecule has 1 fully saturated rings. The number of fused-ring (bicyclic) bond motifs is 1. The molecule has 0 radical (unpaired) electrons. The Balaban J connectivity index is 1.90. The first-order valence-corrected chi connectivity index (χ1v) is 9.71. The number of hydrogen-bond acceptors (Lipinski definition) is 4. The summed E-state index contributed by atoms with van der Waals surface area (Å²) < 4.78 is 0. The van der Waals surface area contributed by atoms with E-state index in [0.29, 0.717) is 11.3 Å². The summed E-state index contributed by atoms with van der Waals surface area (Å²) in [7, 11) is 0. The van der Waals surface area contributed by atoms with Gasteiger partial charge in [0, 0.05) is 11.6 Å². The predicted octanol–water partition coefficient (Wildman–Crippen LogP) is 3.03. The number of hydrogen-bond donors (Lipinski definition) is 3. The van der Waals surface area contributed by atoms with Crippen molar-refractivity contribution in [3.05, 3.63) is 47.5 Å². The first kappa shape index (κ1) is 19.5. The first-order valence-electron chi connectivity index (χ1n) is 9.71. The zero-order chi connectivity index (χ0) is 19.6. The van der Waals surface area contributed by atoms with E-state index in [1.807, 2.05) is 19.1 Å². The van der Waals surface area contributed by atoms with Crippen molar-refractivity contribution in [1.82, 2.24) is 0 Å². The van der Waals surface area contributed by atoms with E-state index in [4.69, 9.17) is 11.5 Å². The molecule has 5 nitrogen and oxygen atoms in total. The van der Waals surface area contributed by atoms with Crippen LogP contribution in [0.5, 0.6) is 0 Å². The lowest BCUT2D eigenvalue weighted by Gasteiger charge is -2.33. The van der Waals surface area contributed by atoms with Gasteiger partial charge in [-0.25, -0.2) is 0 Å². The van der Waals surface area contributed by atoms with Gasteiger partial charge in [-0.3, -0.25) is 9.59 Å². The summed E-state index contributed by atoms with van der Waals surface area (Å²) in [4.78, 5) is 25.1. The maximum atomic E-state index is 13.0. The van der Waals surface area contributed by atoms with Crippen molar-refractivity contribution in [1.29, 1.82) is 0 Å². The zero-order valence-electron chi connectivity index (χ0n) is 15.7. The fourth-order valence-corrected chi connectivity index (χ4v) is 4.34. The molecule has 1 aliphatic rings. The van der Waals surface area contributed by atoms with E-state index in [0.717, 1.165) is 18.2 Å². The van der Waals surface area contributed by atoms with E-state index in [2.05, 4.69) is 0 Å². The summed E-state index contributed by atoms with van der Waals surface area (Å²) in [6.07, 6.45) is 4.38. The molecule has 5 heteroatoms. The number of nitrogens with two attached hydrogens (primary N) is 2. The molecule has 0 heterocycles. The van der Waals surface area contributed by atoms with Crippen LogP contribution < -0.4 is 11.5 Å². The molecule has 27 heavy (non-hydrogen) atoms. The summed E-state index contributed by atoms with van der Waals surface area (Å²) in [5.74, 6) is -0.772. The number of amides is 1. The average Bonchev–Trinajstić information content (AvgIpc) is 2.71. The molecular formula is C22H28N2O3. The minimum Gasteiger partial charge on any atom is -0.383 e. The Morgan fingerprint density at radius 1 is 1.07 bits per heavy atom. The van der Waals surface area contributed by atoms with Gasteiger partial charge in [0.25, 0.3) is 0 Å². The monoisotopic (exact) mass is 368 g/mol. The molecule has 1 unspecified atom stereocenters. The van der Waals surface area contributed by atoms with Crippen LogP contribution in [0.2, 0.25) is 0 Å². The molecule has 3 atom stereocenters. The third-order valence-corrected chi connectivity index (χ3v) is 6.07. The highest BCUT2D eigenvalue weighted by molar-refractivity contribution is 6.16. The highest BCUT2D eigenvalue weighted by Gasteiger charge is 2.34. The van der Waals surface area contributed by atoms with E-state index >= 15 is 0 Å². The molecule has 0 spiro atoms. The van der Waals surface area contributed by atoms with Crippen molar-refractivity contribution in [2.75, 3.05) is 0 Å². The Kier molecular flexibility index (Phi) is 5.92. The van der Waals surface area contributed by atoms with Crippen LogP contribution in [-0.2, 0) is 0 Å². The number of ketones is 1. The fraction of sp³-hybridized carbons (Fsp3) is 0.455. The average molecular weight is 368 g/mol. The molecule has 2 aromatic rings. The van der Waals surface area contributed by atoms with E-state index in [1.165, 1.54) is 19.3 Å². The third-order valence-electron chi connectivity index (χ3n) is 6.07. The van der Waals surface area contributed by atoms with Gasteiger partial charge < -0.3 is 16.6 Å². The van der Waals surface area contributed by atoms with Crippen molar-refractivity contribution in [3.8, 4) is 0 Å². The molecule has 1 aliphatic carbocycles. The van der Waals surface area contributed by atoms with Crippen LogP contribution in [0.3, 0.4) is 0 Å². The molecule has 5 N–H and O–H groups in total. The second-order valence-electron chi connectivity index (χ2n) is 7.72. The lowest BCUT2D eigenvalue weighted by atomic mass is 9.75. The first-order chi connectivity index (χ1) is 12.9. The standard InChI is InChI=1S/C22H28N2O3/c1-13(14-7-3-2-4-8-14)19(23)21(26)20(25)17-12-11-15-9-5-6-10-16(15)18(17)22(24)27/h5-6,9-14,19,21,26H,2-4,7-8,23H2,1H3,(H2,24,27)/t13?,19-,21+/m1/s1. The molecule has 1 amide bonds. The lowest BCUT2D eigenvalue weighted by Crippen LogP contribution is -2.47. The van der Waals surface area contributed by atoms with E-state index < -0.39 is 23.8 Å². The minimum absolute atomic E-state index is 0.0294. The number of Topliss-reactive ketones (excluding diaryl/α,β-unsaturated/α-hetero) is 1. The maximum absolute atomic E-state index is 13.0. The number of primary amides is 1. The third kappa shape index (κ3) is 3.89. The summed E-state index contributed by atoms with van der Waals surface area (Å²) >= 11 is 0. The normalized spacial score (nSPS) is 18.8. The largest absolute Gasteiger partial charge is 0.383 e. The summed E-state index contributed by atoms with van der Waals surface area (Å²) in [5.41, 5.74) is 12.1. The minimum atomic E-state index is -1.36. The Bertz CT molecular complexity index is 843. The van der Waals surface area contributed by atoms with Crippen molar-refractivity contribution >= 4 is 22.5 Å². The molecule has 2 aromatic carbocycles. The van der Waals surface area contributed by atoms with Crippen LogP contribution >= 0.6 is 0 Å². The Morgan fingerprint density at radius 3 is 2.41 bits per heavy atom. The van der Waals surface area contributed by atoms with Gasteiger partial charge in [-0.15, -0.1) is 0 Å². The van der Waals surface area contributed by atoms with Gasteiger partial charge in [0.1, 0.15) is 6.10 Å². The Labute approximate surface area is 159 Å². The van der Waals surface area contributed by atoms with Gasteiger partial charge in [0.15, 0.2) is 5.78 Å². The second kappa shape index (κ2) is 8.19. The van der Waals surface area contributed by atoms with Crippen molar-refractivity contribution < 1.29 is 14.7 Å². The smallest absolute Gasteiger partial charge is 0.250 e. The lowest BCUT2D eigenvalue weighted by molar-refractivity contribution is 0.0580. The number of carbonyl (C=O) groups excluding carboxylic acids is 2. The van der Waals surface area contributed by atoms with E-state index in [1.54, 1.807) is 24.3 Å². The number of benzene rings is 2. The van der Waals surface area contributed by atoms with Gasteiger partial charge in [-0.1, -0.05) is 69.4 Å². The fourth-order valence-electron chi connectivity index (χ4n) is 4.34. The number of aliphatic hydroxyl groups excluding tert-OH is 1. The highest BCUT2D eigenvalue weighted by atomic mass is 16.3. The summed E-state index contributed by atoms with van der Waals surface area (Å²) in [5, 5.41) is 12.1. The zero-order valence-corrected chi connectivity index (χ0v) is 15.7. The van der Waals surface area contributed by atoms with Crippen LogP contribution in [0.4, 0.5) is 0 Å². The predicted molar refractivity (Wildman–Crippen MR) is 107 cm³/mol. The van der Waals surface area contributed by atoms with Crippen LogP contribution in [0.15, 0.2) is 36.4 Å². The van der Waals surface area contributed by atoms with Gasteiger partial charge in [-0.05, 0) is 28.7 Å². The number of aliphatic hydroxyl groups is 1. The highest BCUT2D eigenvalue weighted by Crippen LogP contribution is 2.32. The maximum Gasteiger partial charge on any atom is 0.250 e. The molecule has 144 valence electrons. The summed E-state index contributed by atoms with van der Waals surface area (Å²) in [6.45, 7) is 2.01. The topological polar surface area (TPSA) is 106 Å².